The fraction of sp³-hybridized carbons (Fsp3) is 0.269. The maximum absolute atomic E-state index is 14.6. The highest BCUT2D eigenvalue weighted by Gasteiger charge is 2.28. The Morgan fingerprint density at radius 2 is 1.64 bits per heavy atom. The second kappa shape index (κ2) is 8.39. The standard InChI is InChI=1S/C26H26F2N4O/c1-15(2)24-18(25(33)30-26(4,5)17-11-13-29-14-12-17)9-10-21-22(16(3)31-32(21)24)23-19(27)7-6-8-20(23)28/h6-15H,1-5H3,(H,30,33). The molecule has 3 heterocycles. The summed E-state index contributed by atoms with van der Waals surface area (Å²) in [4.78, 5) is 17.4. The number of benzene rings is 1. The van der Waals surface area contributed by atoms with Crippen LogP contribution in [0.4, 0.5) is 8.78 Å². The normalized spacial score (nSPS) is 11.9. The number of aromatic nitrogens is 3. The van der Waals surface area contributed by atoms with Crippen molar-refractivity contribution < 1.29 is 13.6 Å². The van der Waals surface area contributed by atoms with Gasteiger partial charge in [0, 0.05) is 18.0 Å². The molecule has 0 aliphatic heterocycles. The highest BCUT2D eigenvalue weighted by molar-refractivity contribution is 5.97. The van der Waals surface area contributed by atoms with Gasteiger partial charge in [-0.25, -0.2) is 13.3 Å². The van der Waals surface area contributed by atoms with Crippen LogP contribution in [0, 0.1) is 18.6 Å². The molecule has 1 aromatic carbocycles. The van der Waals surface area contributed by atoms with Gasteiger partial charge in [0.05, 0.1) is 33.6 Å². The van der Waals surface area contributed by atoms with Gasteiger partial charge in [-0.2, -0.15) is 5.10 Å². The van der Waals surface area contributed by atoms with Crippen LogP contribution in [-0.2, 0) is 5.54 Å². The van der Waals surface area contributed by atoms with Crippen molar-refractivity contribution >= 4 is 11.4 Å². The van der Waals surface area contributed by atoms with E-state index >= 15 is 0 Å². The molecule has 0 aliphatic carbocycles. The number of carbonyl (C=O) groups is 1. The van der Waals surface area contributed by atoms with E-state index in [-0.39, 0.29) is 17.4 Å². The Kier molecular flexibility index (Phi) is 5.74. The summed E-state index contributed by atoms with van der Waals surface area (Å²) in [5, 5.41) is 7.68. The molecule has 0 aliphatic rings. The topological polar surface area (TPSA) is 59.3 Å². The van der Waals surface area contributed by atoms with Gasteiger partial charge >= 0.3 is 0 Å². The van der Waals surface area contributed by atoms with Crippen LogP contribution in [0.1, 0.15) is 60.9 Å². The summed E-state index contributed by atoms with van der Waals surface area (Å²) in [6, 6.07) is 10.9. The van der Waals surface area contributed by atoms with Crippen molar-refractivity contribution in [2.24, 2.45) is 0 Å². The van der Waals surface area contributed by atoms with E-state index < -0.39 is 17.2 Å². The van der Waals surface area contributed by atoms with Crippen LogP contribution in [0.15, 0.2) is 54.9 Å². The van der Waals surface area contributed by atoms with Crippen LogP contribution in [0.2, 0.25) is 0 Å². The largest absolute Gasteiger partial charge is 0.343 e. The van der Waals surface area contributed by atoms with Crippen molar-refractivity contribution in [2.45, 2.75) is 46.1 Å². The fourth-order valence-electron chi connectivity index (χ4n) is 4.23. The second-order valence-corrected chi connectivity index (χ2v) is 8.96. The lowest BCUT2D eigenvalue weighted by atomic mass is 9.94. The van der Waals surface area contributed by atoms with E-state index in [2.05, 4.69) is 15.4 Å². The van der Waals surface area contributed by atoms with Crippen molar-refractivity contribution in [1.29, 1.82) is 0 Å². The number of nitrogens with one attached hydrogen (secondary N) is 1. The lowest BCUT2D eigenvalue weighted by molar-refractivity contribution is 0.0910. The quantitative estimate of drug-likeness (QED) is 0.422. The number of rotatable bonds is 5. The van der Waals surface area contributed by atoms with Gasteiger partial charge in [-0.15, -0.1) is 0 Å². The van der Waals surface area contributed by atoms with E-state index in [4.69, 9.17) is 0 Å². The van der Waals surface area contributed by atoms with Gasteiger partial charge in [-0.1, -0.05) is 19.9 Å². The minimum Gasteiger partial charge on any atom is -0.343 e. The molecule has 170 valence electrons. The number of pyridine rings is 2. The van der Waals surface area contributed by atoms with Gasteiger partial charge in [0.25, 0.3) is 5.91 Å². The Hall–Kier alpha value is -3.61. The molecule has 5 nitrogen and oxygen atoms in total. The first kappa shape index (κ1) is 22.6. The molecule has 0 unspecified atom stereocenters. The van der Waals surface area contributed by atoms with Gasteiger partial charge in [-0.3, -0.25) is 9.78 Å². The van der Waals surface area contributed by atoms with Crippen LogP contribution in [-0.4, -0.2) is 20.5 Å². The van der Waals surface area contributed by atoms with Crippen LogP contribution in [0.5, 0.6) is 0 Å². The molecular weight excluding hydrogens is 422 g/mol. The maximum Gasteiger partial charge on any atom is 0.253 e. The Bertz CT molecular complexity index is 1320. The summed E-state index contributed by atoms with van der Waals surface area (Å²) in [6.07, 6.45) is 3.37. The molecule has 0 radical (unpaired) electrons. The third-order valence-corrected chi connectivity index (χ3v) is 5.84. The predicted molar refractivity (Wildman–Crippen MR) is 124 cm³/mol. The molecule has 4 aromatic rings. The van der Waals surface area contributed by atoms with Gasteiger partial charge < -0.3 is 5.32 Å². The zero-order valence-corrected chi connectivity index (χ0v) is 19.3. The van der Waals surface area contributed by atoms with Crippen molar-refractivity contribution in [3.63, 3.8) is 0 Å². The summed E-state index contributed by atoms with van der Waals surface area (Å²) >= 11 is 0. The maximum atomic E-state index is 14.6. The third kappa shape index (κ3) is 3.99. The Morgan fingerprint density at radius 1 is 1.00 bits per heavy atom. The van der Waals surface area contributed by atoms with Gasteiger partial charge in [-0.05, 0) is 68.7 Å². The first-order chi connectivity index (χ1) is 15.6. The van der Waals surface area contributed by atoms with Crippen molar-refractivity contribution in [1.82, 2.24) is 19.9 Å². The van der Waals surface area contributed by atoms with E-state index in [9.17, 15) is 13.6 Å². The zero-order chi connectivity index (χ0) is 23.9. The van der Waals surface area contributed by atoms with Crippen LogP contribution >= 0.6 is 0 Å². The number of hydrogen-bond donors (Lipinski definition) is 1. The molecule has 3 aromatic heterocycles. The van der Waals surface area contributed by atoms with Crippen LogP contribution in [0.25, 0.3) is 16.6 Å². The highest BCUT2D eigenvalue weighted by atomic mass is 19.1. The van der Waals surface area contributed by atoms with Crippen molar-refractivity contribution in [3.8, 4) is 11.1 Å². The summed E-state index contributed by atoms with van der Waals surface area (Å²) in [5.41, 5.74) is 2.72. The number of nitrogens with zero attached hydrogens (tertiary/aromatic N) is 3. The van der Waals surface area contributed by atoms with E-state index in [1.54, 1.807) is 36.0 Å². The van der Waals surface area contributed by atoms with Gasteiger partial charge in [0.2, 0.25) is 0 Å². The third-order valence-electron chi connectivity index (χ3n) is 5.84. The molecule has 0 atom stereocenters. The minimum absolute atomic E-state index is 0.0731. The number of aryl methyl sites for hydroxylation is 1. The van der Waals surface area contributed by atoms with Gasteiger partial charge in [0.1, 0.15) is 11.6 Å². The average molecular weight is 449 g/mol. The van der Waals surface area contributed by atoms with E-state index in [0.29, 0.717) is 28.0 Å². The average Bonchev–Trinajstić information content (AvgIpc) is 3.08. The minimum atomic E-state index is -0.653. The molecule has 33 heavy (non-hydrogen) atoms. The number of carbonyl (C=O) groups excluding carboxylic acids is 1. The van der Waals surface area contributed by atoms with Crippen LogP contribution < -0.4 is 5.32 Å². The SMILES string of the molecule is Cc1nn2c(C(C)C)c(C(=O)NC(C)(C)c3ccncc3)ccc2c1-c1c(F)cccc1F. The summed E-state index contributed by atoms with van der Waals surface area (Å²) < 4.78 is 30.8. The Labute approximate surface area is 191 Å². The summed E-state index contributed by atoms with van der Waals surface area (Å²) in [7, 11) is 0. The molecule has 0 saturated carbocycles. The molecular formula is C26H26F2N4O. The Morgan fingerprint density at radius 3 is 2.24 bits per heavy atom. The number of fused-ring (bicyclic) bond motifs is 1. The smallest absolute Gasteiger partial charge is 0.253 e. The molecule has 0 fully saturated rings. The van der Waals surface area contributed by atoms with E-state index in [0.717, 1.165) is 5.56 Å². The zero-order valence-electron chi connectivity index (χ0n) is 19.3. The number of hydrogen-bond acceptors (Lipinski definition) is 3. The molecule has 4 rings (SSSR count). The fourth-order valence-corrected chi connectivity index (χ4v) is 4.23. The monoisotopic (exact) mass is 448 g/mol. The highest BCUT2D eigenvalue weighted by Crippen LogP contribution is 2.35. The van der Waals surface area contributed by atoms with Crippen molar-refractivity contribution in [3.05, 3.63) is 89.0 Å². The molecule has 1 N–H and O–H groups in total. The van der Waals surface area contributed by atoms with E-state index in [1.807, 2.05) is 39.8 Å². The van der Waals surface area contributed by atoms with Crippen molar-refractivity contribution in [2.75, 3.05) is 0 Å². The number of halogens is 2. The molecule has 1 amide bonds. The second-order valence-electron chi connectivity index (χ2n) is 8.96. The van der Waals surface area contributed by atoms with Gasteiger partial charge in [0.15, 0.2) is 0 Å². The van der Waals surface area contributed by atoms with E-state index in [1.165, 1.54) is 18.2 Å². The number of amides is 1. The summed E-state index contributed by atoms with van der Waals surface area (Å²) in [6.45, 7) is 9.47. The lowest BCUT2D eigenvalue weighted by Crippen LogP contribution is -2.41. The first-order valence-corrected chi connectivity index (χ1v) is 10.8. The van der Waals surface area contributed by atoms with Crippen LogP contribution in [0.3, 0.4) is 0 Å². The molecule has 7 heteroatoms. The molecule has 0 saturated heterocycles. The first-order valence-electron chi connectivity index (χ1n) is 10.8. The summed E-state index contributed by atoms with van der Waals surface area (Å²) in [5.74, 6) is -1.63. The molecule has 0 spiro atoms. The molecule has 0 bridgehead atoms. The lowest BCUT2D eigenvalue weighted by Gasteiger charge is -2.27. The predicted octanol–water partition coefficient (Wildman–Crippen LogP) is 5.77. The Balaban J connectivity index is 1.85.